The van der Waals surface area contributed by atoms with Crippen molar-refractivity contribution >= 4 is 34.0 Å². The van der Waals surface area contributed by atoms with Crippen LogP contribution in [-0.4, -0.2) is 74.0 Å². The predicted molar refractivity (Wildman–Crippen MR) is 150 cm³/mol. The molecule has 1 aromatic carbocycles. The highest BCUT2D eigenvalue weighted by Gasteiger charge is 2.34. The highest BCUT2D eigenvalue weighted by atomic mass is 32.2. The van der Waals surface area contributed by atoms with Crippen LogP contribution in [0.2, 0.25) is 0 Å². The Morgan fingerprint density at radius 3 is 2.61 bits per heavy atom. The number of nitrogens with zero attached hydrogens (tertiary/aromatic N) is 4. The fourth-order valence-electron chi connectivity index (χ4n) is 4.62. The first-order valence-electron chi connectivity index (χ1n) is 12.9. The highest BCUT2D eigenvalue weighted by Crippen LogP contribution is 2.33. The summed E-state index contributed by atoms with van der Waals surface area (Å²) in [7, 11) is -0.935. The zero-order valence-corrected chi connectivity index (χ0v) is 23.5. The Balaban J connectivity index is 1.53. The molecule has 1 aliphatic rings. The standard InChI is InChI=1S/C28H34N4O4S2/c1-3-21(12-18-38(2)35)28(34)31-15-11-25(27-30-24(20-37-27)22-9-13-29-14-10-22)32(17-16-31)26(33)19-36-23-7-5-4-6-8-23/h4-10,13-14,20-21,25H,3,11-12,15-19H2,1-2H3. The van der Waals surface area contributed by atoms with Gasteiger partial charge in [0.05, 0.1) is 11.7 Å². The predicted octanol–water partition coefficient (Wildman–Crippen LogP) is 4.18. The van der Waals surface area contributed by atoms with E-state index in [-0.39, 0.29) is 30.4 Å². The van der Waals surface area contributed by atoms with Gasteiger partial charge in [-0.3, -0.25) is 18.8 Å². The highest BCUT2D eigenvalue weighted by molar-refractivity contribution is 7.84. The van der Waals surface area contributed by atoms with Crippen molar-refractivity contribution < 1.29 is 18.5 Å². The van der Waals surface area contributed by atoms with Crippen LogP contribution in [0.15, 0.2) is 60.2 Å². The van der Waals surface area contributed by atoms with Crippen LogP contribution >= 0.6 is 11.3 Å². The molecule has 3 heterocycles. The number of amides is 2. The molecule has 0 spiro atoms. The van der Waals surface area contributed by atoms with Crippen LogP contribution in [0.4, 0.5) is 0 Å². The molecule has 10 heteroatoms. The maximum atomic E-state index is 13.5. The lowest BCUT2D eigenvalue weighted by Gasteiger charge is -2.28. The molecule has 38 heavy (non-hydrogen) atoms. The molecule has 202 valence electrons. The minimum Gasteiger partial charge on any atom is -0.484 e. The number of hydrogen-bond acceptors (Lipinski definition) is 7. The Morgan fingerprint density at radius 1 is 1.13 bits per heavy atom. The first-order valence-corrected chi connectivity index (χ1v) is 15.5. The summed E-state index contributed by atoms with van der Waals surface area (Å²) in [5.41, 5.74) is 1.81. The first-order chi connectivity index (χ1) is 18.5. The molecule has 0 saturated carbocycles. The number of rotatable bonds is 10. The second kappa shape index (κ2) is 13.6. The van der Waals surface area contributed by atoms with Crippen LogP contribution in [0.25, 0.3) is 11.3 Å². The van der Waals surface area contributed by atoms with Crippen LogP contribution in [0.1, 0.15) is 37.2 Å². The molecule has 1 fully saturated rings. The van der Waals surface area contributed by atoms with Crippen molar-refractivity contribution in [2.75, 3.05) is 38.2 Å². The summed E-state index contributed by atoms with van der Waals surface area (Å²) >= 11 is 1.52. The van der Waals surface area contributed by atoms with Gasteiger partial charge in [-0.2, -0.15) is 0 Å². The normalized spacial score (nSPS) is 17.5. The van der Waals surface area contributed by atoms with E-state index in [0.717, 1.165) is 16.3 Å². The Kier molecular flexibility index (Phi) is 10.0. The lowest BCUT2D eigenvalue weighted by Crippen LogP contribution is -2.41. The van der Waals surface area contributed by atoms with Crippen LogP contribution < -0.4 is 4.74 Å². The monoisotopic (exact) mass is 554 g/mol. The molecule has 0 aliphatic carbocycles. The molecule has 3 aromatic rings. The average molecular weight is 555 g/mol. The van der Waals surface area contributed by atoms with Crippen LogP contribution in [-0.2, 0) is 20.4 Å². The molecule has 1 saturated heterocycles. The van der Waals surface area contributed by atoms with Gasteiger partial charge in [0.25, 0.3) is 5.91 Å². The number of benzene rings is 1. The van der Waals surface area contributed by atoms with Crippen LogP contribution in [0.3, 0.4) is 0 Å². The summed E-state index contributed by atoms with van der Waals surface area (Å²) < 4.78 is 17.4. The van der Waals surface area contributed by atoms with Crippen molar-refractivity contribution in [2.45, 2.75) is 32.2 Å². The fourth-order valence-corrected chi connectivity index (χ4v) is 6.21. The zero-order chi connectivity index (χ0) is 26.9. The van der Waals surface area contributed by atoms with Crippen LogP contribution in [0.5, 0.6) is 5.75 Å². The van der Waals surface area contributed by atoms with E-state index in [0.29, 0.717) is 50.4 Å². The second-order valence-corrected chi connectivity index (χ2v) is 11.7. The Labute approximate surface area is 230 Å². The minimum absolute atomic E-state index is 0.0724. The van der Waals surface area contributed by atoms with Gasteiger partial charge in [0, 0.05) is 71.7 Å². The van der Waals surface area contributed by atoms with E-state index in [2.05, 4.69) is 4.98 Å². The Morgan fingerprint density at radius 2 is 1.89 bits per heavy atom. The summed E-state index contributed by atoms with van der Waals surface area (Å²) in [4.78, 5) is 39.5. The summed E-state index contributed by atoms with van der Waals surface area (Å²) in [5.74, 6) is 0.917. The Hall–Kier alpha value is -3.11. The molecule has 0 N–H and O–H groups in total. The SMILES string of the molecule is CCC(CCS(C)=O)C(=O)N1CCC(c2nc(-c3ccncc3)cs2)N(C(=O)COc2ccccc2)CC1. The number of carbonyl (C=O) groups excluding carboxylic acids is 2. The van der Waals surface area contributed by atoms with Gasteiger partial charge in [-0.15, -0.1) is 11.3 Å². The number of ether oxygens (including phenoxy) is 1. The molecule has 0 bridgehead atoms. The first kappa shape index (κ1) is 27.9. The van der Waals surface area contributed by atoms with Crippen molar-refractivity contribution in [3.05, 3.63) is 65.2 Å². The minimum atomic E-state index is -0.935. The smallest absolute Gasteiger partial charge is 0.261 e. The zero-order valence-electron chi connectivity index (χ0n) is 21.8. The number of thiazole rings is 1. The lowest BCUT2D eigenvalue weighted by atomic mass is 10.0. The van der Waals surface area contributed by atoms with Crippen molar-refractivity contribution in [3.8, 4) is 17.0 Å². The van der Waals surface area contributed by atoms with Gasteiger partial charge < -0.3 is 14.5 Å². The van der Waals surface area contributed by atoms with E-state index in [1.165, 1.54) is 11.3 Å². The molecular formula is C28H34N4O4S2. The number of hydrogen-bond donors (Lipinski definition) is 0. The van der Waals surface area contributed by atoms with Crippen molar-refractivity contribution in [3.63, 3.8) is 0 Å². The summed E-state index contributed by atoms with van der Waals surface area (Å²) in [6.45, 7) is 3.28. The third-order valence-corrected chi connectivity index (χ3v) is 8.53. The molecule has 3 unspecified atom stereocenters. The summed E-state index contributed by atoms with van der Waals surface area (Å²) in [5, 5.41) is 2.84. The maximum Gasteiger partial charge on any atom is 0.261 e. The van der Waals surface area contributed by atoms with Crippen molar-refractivity contribution in [2.24, 2.45) is 5.92 Å². The Bertz CT molecular complexity index is 1220. The quantitative estimate of drug-likeness (QED) is 0.373. The molecule has 4 rings (SSSR count). The number of para-hydroxylation sites is 1. The van der Waals surface area contributed by atoms with E-state index in [1.807, 2.05) is 64.6 Å². The summed E-state index contributed by atoms with van der Waals surface area (Å²) in [6.07, 6.45) is 7.03. The van der Waals surface area contributed by atoms with Crippen molar-refractivity contribution in [1.82, 2.24) is 19.8 Å². The number of pyridine rings is 1. The van der Waals surface area contributed by atoms with Gasteiger partial charge >= 0.3 is 0 Å². The third kappa shape index (κ3) is 7.26. The molecule has 8 nitrogen and oxygen atoms in total. The van der Waals surface area contributed by atoms with Gasteiger partial charge in [0.2, 0.25) is 5.91 Å². The van der Waals surface area contributed by atoms with Gasteiger partial charge in [0.1, 0.15) is 10.8 Å². The third-order valence-electron chi connectivity index (χ3n) is 6.78. The van der Waals surface area contributed by atoms with Crippen molar-refractivity contribution in [1.29, 1.82) is 0 Å². The number of carbonyl (C=O) groups is 2. The van der Waals surface area contributed by atoms with Gasteiger partial charge in [-0.05, 0) is 43.5 Å². The summed E-state index contributed by atoms with van der Waals surface area (Å²) in [6, 6.07) is 12.8. The van der Waals surface area contributed by atoms with Crippen LogP contribution in [0, 0.1) is 5.92 Å². The lowest BCUT2D eigenvalue weighted by molar-refractivity contribution is -0.138. The molecule has 1 aliphatic heterocycles. The van der Waals surface area contributed by atoms with Gasteiger partial charge in [-0.25, -0.2) is 4.98 Å². The van der Waals surface area contributed by atoms with E-state index < -0.39 is 10.8 Å². The molecule has 2 amide bonds. The number of aromatic nitrogens is 2. The van der Waals surface area contributed by atoms with Gasteiger partial charge in [0.15, 0.2) is 6.61 Å². The molecule has 0 radical (unpaired) electrons. The second-order valence-electron chi connectivity index (χ2n) is 9.30. The molecule has 2 aromatic heterocycles. The largest absolute Gasteiger partial charge is 0.484 e. The van der Waals surface area contributed by atoms with Gasteiger partial charge in [-0.1, -0.05) is 25.1 Å². The van der Waals surface area contributed by atoms with E-state index in [4.69, 9.17) is 9.72 Å². The average Bonchev–Trinajstić information content (AvgIpc) is 3.32. The fraction of sp³-hybridized carbons (Fsp3) is 0.429. The topological polar surface area (TPSA) is 92.7 Å². The van der Waals surface area contributed by atoms with E-state index >= 15 is 0 Å². The maximum absolute atomic E-state index is 13.5. The van der Waals surface area contributed by atoms with E-state index in [9.17, 15) is 13.8 Å². The molecule has 3 atom stereocenters. The van der Waals surface area contributed by atoms with E-state index in [1.54, 1.807) is 18.6 Å². The molecular weight excluding hydrogens is 520 g/mol.